The number of carbonyl (C=O) groups is 1. The molecule has 20 heavy (non-hydrogen) atoms. The molecule has 1 aromatic rings. The summed E-state index contributed by atoms with van der Waals surface area (Å²) in [7, 11) is 0. The van der Waals surface area contributed by atoms with Crippen molar-refractivity contribution in [3.63, 3.8) is 0 Å². The Hall–Kier alpha value is -1.16. The van der Waals surface area contributed by atoms with Gasteiger partial charge in [0, 0.05) is 11.8 Å². The molecule has 110 valence electrons. The van der Waals surface area contributed by atoms with E-state index in [1.807, 2.05) is 12.1 Å². The number of cyclic esters (lactones) is 1. The minimum atomic E-state index is -0.399. The summed E-state index contributed by atoms with van der Waals surface area (Å²) in [6.07, 6.45) is 7.05. The Balaban J connectivity index is 1.87. The average Bonchev–Trinajstić information content (AvgIpc) is 3.01. The maximum Gasteiger partial charge on any atom is 0.408 e. The third-order valence-corrected chi connectivity index (χ3v) is 4.87. The van der Waals surface area contributed by atoms with Crippen LogP contribution in [0, 0.1) is 11.8 Å². The van der Waals surface area contributed by atoms with E-state index in [0.717, 1.165) is 5.76 Å². The predicted octanol–water partition coefficient (Wildman–Crippen LogP) is 3.86. The first-order valence-electron chi connectivity index (χ1n) is 7.36. The molecule has 4 nitrogen and oxygen atoms in total. The summed E-state index contributed by atoms with van der Waals surface area (Å²) in [5.41, 5.74) is 0. The first kappa shape index (κ1) is 13.8. The summed E-state index contributed by atoms with van der Waals surface area (Å²) in [6, 6.07) is 3.67. The van der Waals surface area contributed by atoms with Crippen LogP contribution in [0.1, 0.15) is 44.0 Å². The molecule has 2 heterocycles. The summed E-state index contributed by atoms with van der Waals surface area (Å²) >= 11 is 6.09. The summed E-state index contributed by atoms with van der Waals surface area (Å²) in [5.74, 6) is 1.86. The lowest BCUT2D eigenvalue weighted by Gasteiger charge is -2.42. The Morgan fingerprint density at radius 1 is 1.30 bits per heavy atom. The van der Waals surface area contributed by atoms with Crippen molar-refractivity contribution >= 4 is 17.7 Å². The maximum absolute atomic E-state index is 11.7. The van der Waals surface area contributed by atoms with Gasteiger partial charge in [-0.1, -0.05) is 19.3 Å². The van der Waals surface area contributed by atoms with E-state index in [1.54, 1.807) is 6.26 Å². The fourth-order valence-corrected chi connectivity index (χ4v) is 3.91. The molecule has 1 aliphatic heterocycles. The molecule has 0 spiro atoms. The van der Waals surface area contributed by atoms with Crippen molar-refractivity contribution in [2.75, 3.05) is 5.88 Å². The smallest absolute Gasteiger partial charge is 0.408 e. The van der Waals surface area contributed by atoms with Crippen molar-refractivity contribution in [1.29, 1.82) is 0 Å². The van der Waals surface area contributed by atoms with Crippen LogP contribution < -0.4 is 5.32 Å². The Labute approximate surface area is 123 Å². The van der Waals surface area contributed by atoms with Crippen molar-refractivity contribution in [2.45, 2.75) is 44.2 Å². The molecule has 0 bridgehead atoms. The van der Waals surface area contributed by atoms with Crippen molar-refractivity contribution in [3.05, 3.63) is 24.2 Å². The molecule has 2 fully saturated rings. The van der Waals surface area contributed by atoms with E-state index in [2.05, 4.69) is 5.32 Å². The molecule has 1 amide bonds. The molecule has 0 radical (unpaired) electrons. The van der Waals surface area contributed by atoms with E-state index in [4.69, 9.17) is 20.8 Å². The number of ether oxygens (including phenoxy) is 1. The highest BCUT2D eigenvalue weighted by molar-refractivity contribution is 6.18. The van der Waals surface area contributed by atoms with Crippen LogP contribution in [0.15, 0.2) is 22.8 Å². The van der Waals surface area contributed by atoms with Crippen LogP contribution in [0.25, 0.3) is 0 Å². The predicted molar refractivity (Wildman–Crippen MR) is 75.6 cm³/mol. The van der Waals surface area contributed by atoms with Gasteiger partial charge in [0.05, 0.1) is 12.3 Å². The molecule has 2 aliphatic rings. The van der Waals surface area contributed by atoms with Crippen LogP contribution in [-0.2, 0) is 4.74 Å². The molecule has 3 rings (SSSR count). The normalized spacial score (nSPS) is 31.6. The van der Waals surface area contributed by atoms with Crippen molar-refractivity contribution in [2.24, 2.45) is 11.8 Å². The lowest BCUT2D eigenvalue weighted by Crippen LogP contribution is -2.53. The molecule has 1 aromatic heterocycles. The first-order valence-corrected chi connectivity index (χ1v) is 7.89. The molecule has 1 saturated carbocycles. The fraction of sp³-hybridized carbons (Fsp3) is 0.667. The van der Waals surface area contributed by atoms with Gasteiger partial charge in [0.15, 0.2) is 6.10 Å². The summed E-state index contributed by atoms with van der Waals surface area (Å²) in [5, 5.41) is 2.87. The summed E-state index contributed by atoms with van der Waals surface area (Å²) in [4.78, 5) is 11.7. The lowest BCUT2D eigenvalue weighted by atomic mass is 9.73. The number of hydrogen-bond donors (Lipinski definition) is 1. The molecule has 1 saturated heterocycles. The van der Waals surface area contributed by atoms with Gasteiger partial charge >= 0.3 is 6.09 Å². The van der Waals surface area contributed by atoms with Gasteiger partial charge in [0.2, 0.25) is 0 Å². The Bertz CT molecular complexity index is 442. The second-order valence-corrected chi connectivity index (χ2v) is 6.03. The molecule has 1 aliphatic carbocycles. The van der Waals surface area contributed by atoms with Gasteiger partial charge < -0.3 is 14.5 Å². The van der Waals surface area contributed by atoms with Gasteiger partial charge in [-0.3, -0.25) is 0 Å². The molecule has 3 atom stereocenters. The highest BCUT2D eigenvalue weighted by Crippen LogP contribution is 2.43. The van der Waals surface area contributed by atoms with E-state index in [-0.39, 0.29) is 18.1 Å². The summed E-state index contributed by atoms with van der Waals surface area (Å²) in [6.45, 7) is 0. The number of alkyl carbamates (subject to hydrolysis) is 1. The van der Waals surface area contributed by atoms with Crippen molar-refractivity contribution < 1.29 is 13.9 Å². The SMILES string of the molecule is O=C1N[C@H](CCl)[C@@H](C2CCCCC2)[C@H](c2ccco2)O1. The lowest BCUT2D eigenvalue weighted by molar-refractivity contribution is -0.0238. The second kappa shape index (κ2) is 6.08. The third kappa shape index (κ3) is 2.66. The number of furan rings is 1. The number of nitrogens with one attached hydrogen (secondary N) is 1. The standard InChI is InChI=1S/C15H20ClNO3/c16-9-11-13(10-5-2-1-3-6-10)14(20-15(18)17-11)12-7-4-8-19-12/h4,7-8,10-11,13-14H,1-3,5-6,9H2,(H,17,18)/t11-,13-,14+/m1/s1. The summed E-state index contributed by atoms with van der Waals surface area (Å²) < 4.78 is 11.0. The third-order valence-electron chi connectivity index (χ3n) is 4.54. The molecular formula is C15H20ClNO3. The molecule has 0 aromatic carbocycles. The van der Waals surface area contributed by atoms with Crippen LogP contribution in [0.5, 0.6) is 0 Å². The first-order chi connectivity index (χ1) is 9.79. The van der Waals surface area contributed by atoms with Gasteiger partial charge in [0.1, 0.15) is 5.76 Å². The fourth-order valence-electron chi connectivity index (χ4n) is 3.62. The number of halogens is 1. The number of alkyl halides is 1. The van der Waals surface area contributed by atoms with Crippen LogP contribution in [0.4, 0.5) is 4.79 Å². The topological polar surface area (TPSA) is 51.5 Å². The Morgan fingerprint density at radius 3 is 2.75 bits per heavy atom. The van der Waals surface area contributed by atoms with E-state index in [1.165, 1.54) is 32.1 Å². The van der Waals surface area contributed by atoms with E-state index in [9.17, 15) is 4.79 Å². The van der Waals surface area contributed by atoms with Gasteiger partial charge in [-0.05, 0) is 30.9 Å². The monoisotopic (exact) mass is 297 g/mol. The Morgan fingerprint density at radius 2 is 2.10 bits per heavy atom. The van der Waals surface area contributed by atoms with Gasteiger partial charge in [0.25, 0.3) is 0 Å². The largest absolute Gasteiger partial charge is 0.465 e. The van der Waals surface area contributed by atoms with Gasteiger partial charge in [-0.15, -0.1) is 11.6 Å². The quantitative estimate of drug-likeness (QED) is 0.862. The van der Waals surface area contributed by atoms with Crippen molar-refractivity contribution in [3.8, 4) is 0 Å². The molecule has 5 heteroatoms. The zero-order valence-electron chi connectivity index (χ0n) is 11.4. The van der Waals surface area contributed by atoms with Crippen LogP contribution in [0.3, 0.4) is 0 Å². The van der Waals surface area contributed by atoms with Crippen LogP contribution in [-0.4, -0.2) is 18.0 Å². The number of hydrogen-bond acceptors (Lipinski definition) is 3. The minimum Gasteiger partial charge on any atom is -0.465 e. The van der Waals surface area contributed by atoms with Gasteiger partial charge in [-0.25, -0.2) is 4.79 Å². The average molecular weight is 298 g/mol. The number of rotatable bonds is 3. The molecule has 0 unspecified atom stereocenters. The highest BCUT2D eigenvalue weighted by atomic mass is 35.5. The maximum atomic E-state index is 11.7. The second-order valence-electron chi connectivity index (χ2n) is 5.72. The van der Waals surface area contributed by atoms with Crippen LogP contribution in [0.2, 0.25) is 0 Å². The minimum absolute atomic E-state index is 0.0453. The van der Waals surface area contributed by atoms with E-state index in [0.29, 0.717) is 11.8 Å². The van der Waals surface area contributed by atoms with Crippen molar-refractivity contribution in [1.82, 2.24) is 5.32 Å². The van der Waals surface area contributed by atoms with Gasteiger partial charge in [-0.2, -0.15) is 0 Å². The van der Waals surface area contributed by atoms with Crippen LogP contribution >= 0.6 is 11.6 Å². The van der Waals surface area contributed by atoms with E-state index < -0.39 is 6.09 Å². The number of amides is 1. The highest BCUT2D eigenvalue weighted by Gasteiger charge is 2.44. The Kier molecular flexibility index (Phi) is 4.20. The number of carbonyl (C=O) groups excluding carboxylic acids is 1. The molecule has 1 N–H and O–H groups in total. The zero-order valence-corrected chi connectivity index (χ0v) is 12.1. The molecular weight excluding hydrogens is 278 g/mol. The van der Waals surface area contributed by atoms with E-state index >= 15 is 0 Å². The zero-order chi connectivity index (χ0) is 13.9.